The Morgan fingerprint density at radius 3 is 2.23 bits per heavy atom. The van der Waals surface area contributed by atoms with Crippen molar-refractivity contribution in [1.82, 2.24) is 0 Å². The minimum Gasteiger partial charge on any atom is -0.496 e. The first kappa shape index (κ1) is 20.2. The molecular weight excluding hydrogens is 390 g/mol. The van der Waals surface area contributed by atoms with Gasteiger partial charge in [0, 0.05) is 21.8 Å². The van der Waals surface area contributed by atoms with E-state index >= 15 is 0 Å². The van der Waals surface area contributed by atoms with Crippen molar-refractivity contribution in [2.45, 2.75) is 39.5 Å². The molecule has 2 aromatic rings. The van der Waals surface area contributed by atoms with Gasteiger partial charge >= 0.3 is 0 Å². The molecule has 0 aliphatic carbocycles. The van der Waals surface area contributed by atoms with Gasteiger partial charge in [-0.25, -0.2) is 0 Å². The highest BCUT2D eigenvalue weighted by molar-refractivity contribution is 9.10. The van der Waals surface area contributed by atoms with Gasteiger partial charge in [-0.1, -0.05) is 61.8 Å². The number of ether oxygens (including phenoxy) is 1. The summed E-state index contributed by atoms with van der Waals surface area (Å²) in [5, 5.41) is 3.09. The molecule has 0 saturated heterocycles. The van der Waals surface area contributed by atoms with Gasteiger partial charge in [0.1, 0.15) is 5.75 Å². The van der Waals surface area contributed by atoms with Crippen molar-refractivity contribution in [3.8, 4) is 5.75 Å². The monoisotopic (exact) mass is 415 g/mol. The van der Waals surface area contributed by atoms with Crippen LogP contribution in [0.15, 0.2) is 46.9 Å². The van der Waals surface area contributed by atoms with Gasteiger partial charge in [0.15, 0.2) is 0 Å². The maximum absolute atomic E-state index is 12.6. The number of carbonyl (C=O) groups excluding carboxylic acids is 1. The van der Waals surface area contributed by atoms with Crippen LogP contribution < -0.4 is 10.1 Å². The van der Waals surface area contributed by atoms with Crippen molar-refractivity contribution in [2.24, 2.45) is 0 Å². The van der Waals surface area contributed by atoms with E-state index in [1.54, 1.807) is 19.3 Å². The van der Waals surface area contributed by atoms with Gasteiger partial charge in [0.05, 0.1) is 7.11 Å². The molecule has 0 aliphatic rings. The van der Waals surface area contributed by atoms with Gasteiger partial charge in [-0.05, 0) is 47.2 Å². The second-order valence-electron chi connectivity index (χ2n) is 6.83. The molecule has 0 radical (unpaired) electrons. The minimum absolute atomic E-state index is 0.151. The van der Waals surface area contributed by atoms with E-state index < -0.39 is 0 Å². The second-order valence-corrected chi connectivity index (χ2v) is 7.75. The molecule has 3 nitrogen and oxygen atoms in total. The number of carbonyl (C=O) groups is 1. The van der Waals surface area contributed by atoms with Gasteiger partial charge < -0.3 is 10.1 Å². The fraction of sp³-hybridized carbons (Fsp3) is 0.318. The minimum atomic E-state index is -0.151. The van der Waals surface area contributed by atoms with Crippen LogP contribution in [-0.2, 0) is 4.79 Å². The molecule has 138 valence electrons. The number of halogens is 1. The topological polar surface area (TPSA) is 38.3 Å². The first-order valence-corrected chi connectivity index (χ1v) is 9.58. The van der Waals surface area contributed by atoms with Crippen molar-refractivity contribution < 1.29 is 9.53 Å². The van der Waals surface area contributed by atoms with Gasteiger partial charge in [0.25, 0.3) is 0 Å². The molecular formula is C22H26BrNO2. The second kappa shape index (κ2) is 9.04. The smallest absolute Gasteiger partial charge is 0.248 e. The average molecular weight is 416 g/mol. The highest BCUT2D eigenvalue weighted by Crippen LogP contribution is 2.32. The predicted octanol–water partition coefficient (Wildman–Crippen LogP) is 6.36. The molecule has 0 saturated carbocycles. The molecule has 1 N–H and O–H groups in total. The Labute approximate surface area is 164 Å². The van der Waals surface area contributed by atoms with Crippen LogP contribution in [0.5, 0.6) is 5.75 Å². The molecule has 26 heavy (non-hydrogen) atoms. The molecule has 2 aromatic carbocycles. The summed E-state index contributed by atoms with van der Waals surface area (Å²) in [5.41, 5.74) is 4.07. The fourth-order valence-corrected chi connectivity index (χ4v) is 3.24. The van der Waals surface area contributed by atoms with Crippen molar-refractivity contribution >= 4 is 33.6 Å². The van der Waals surface area contributed by atoms with E-state index in [9.17, 15) is 4.79 Å². The molecule has 0 atom stereocenters. The average Bonchev–Trinajstić information content (AvgIpc) is 2.59. The Morgan fingerprint density at radius 1 is 1.08 bits per heavy atom. The molecule has 0 aromatic heterocycles. The number of methoxy groups -OCH3 is 1. The Balaban J connectivity index is 2.29. The molecule has 0 spiro atoms. The van der Waals surface area contributed by atoms with E-state index in [1.807, 2.05) is 18.2 Å². The summed E-state index contributed by atoms with van der Waals surface area (Å²) in [6.45, 7) is 8.54. The van der Waals surface area contributed by atoms with Gasteiger partial charge in [-0.15, -0.1) is 0 Å². The van der Waals surface area contributed by atoms with Gasteiger partial charge in [-0.2, -0.15) is 0 Å². The Morgan fingerprint density at radius 2 is 1.69 bits per heavy atom. The number of anilines is 1. The van der Waals surface area contributed by atoms with Crippen LogP contribution in [0.25, 0.3) is 6.08 Å². The van der Waals surface area contributed by atoms with Crippen LogP contribution in [0, 0.1) is 0 Å². The fourth-order valence-electron chi connectivity index (χ4n) is 2.86. The summed E-state index contributed by atoms with van der Waals surface area (Å²) >= 11 is 3.45. The summed E-state index contributed by atoms with van der Waals surface area (Å²) in [5.74, 6) is 1.24. The highest BCUT2D eigenvalue weighted by Gasteiger charge is 2.15. The summed E-state index contributed by atoms with van der Waals surface area (Å²) in [6.07, 6.45) is 3.32. The first-order chi connectivity index (χ1) is 12.3. The third kappa shape index (κ3) is 4.98. The normalized spacial score (nSPS) is 11.4. The molecule has 0 heterocycles. The van der Waals surface area contributed by atoms with E-state index in [4.69, 9.17) is 4.74 Å². The molecule has 1 amide bonds. The van der Waals surface area contributed by atoms with Crippen molar-refractivity contribution in [3.05, 3.63) is 63.6 Å². The molecule has 0 fully saturated rings. The zero-order chi connectivity index (χ0) is 19.3. The molecule has 0 unspecified atom stereocenters. The number of benzene rings is 2. The number of rotatable bonds is 6. The van der Waals surface area contributed by atoms with E-state index in [2.05, 4.69) is 67.1 Å². The zero-order valence-corrected chi connectivity index (χ0v) is 17.6. The zero-order valence-electron chi connectivity index (χ0n) is 16.0. The van der Waals surface area contributed by atoms with E-state index in [0.29, 0.717) is 11.8 Å². The van der Waals surface area contributed by atoms with Crippen molar-refractivity contribution in [3.63, 3.8) is 0 Å². The Hall–Kier alpha value is -2.07. The van der Waals surface area contributed by atoms with E-state index in [1.165, 1.54) is 0 Å². The van der Waals surface area contributed by atoms with E-state index in [-0.39, 0.29) is 5.91 Å². The summed E-state index contributed by atoms with van der Waals surface area (Å²) in [6, 6.07) is 11.9. The van der Waals surface area contributed by atoms with Crippen LogP contribution in [0.2, 0.25) is 0 Å². The quantitative estimate of drug-likeness (QED) is 0.557. The van der Waals surface area contributed by atoms with Crippen LogP contribution in [0.3, 0.4) is 0 Å². The lowest BCUT2D eigenvalue weighted by Crippen LogP contribution is -2.13. The number of nitrogens with one attached hydrogen (secondary N) is 1. The maximum atomic E-state index is 12.6. The lowest BCUT2D eigenvalue weighted by Gasteiger charge is -2.19. The lowest BCUT2D eigenvalue weighted by atomic mass is 9.92. The number of hydrogen-bond acceptors (Lipinski definition) is 2. The van der Waals surface area contributed by atoms with Gasteiger partial charge in [-0.3, -0.25) is 4.79 Å². The van der Waals surface area contributed by atoms with Crippen LogP contribution in [0.4, 0.5) is 5.69 Å². The van der Waals surface area contributed by atoms with Crippen molar-refractivity contribution in [2.75, 3.05) is 12.4 Å². The largest absolute Gasteiger partial charge is 0.496 e. The third-order valence-electron chi connectivity index (χ3n) is 4.23. The van der Waals surface area contributed by atoms with Crippen molar-refractivity contribution in [1.29, 1.82) is 0 Å². The van der Waals surface area contributed by atoms with Crippen LogP contribution in [0.1, 0.15) is 56.2 Å². The molecule has 4 heteroatoms. The number of para-hydroxylation sites is 1. The Kier molecular flexibility index (Phi) is 7.04. The van der Waals surface area contributed by atoms with Crippen LogP contribution in [-0.4, -0.2) is 13.0 Å². The molecule has 0 bridgehead atoms. The summed E-state index contributed by atoms with van der Waals surface area (Å²) in [7, 11) is 1.62. The van der Waals surface area contributed by atoms with E-state index in [0.717, 1.165) is 32.6 Å². The summed E-state index contributed by atoms with van der Waals surface area (Å²) < 4.78 is 6.28. The lowest BCUT2D eigenvalue weighted by molar-refractivity contribution is -0.111. The van der Waals surface area contributed by atoms with Gasteiger partial charge in [0.2, 0.25) is 5.91 Å². The molecule has 2 rings (SSSR count). The number of amides is 1. The first-order valence-electron chi connectivity index (χ1n) is 8.78. The number of hydrogen-bond donors (Lipinski definition) is 1. The maximum Gasteiger partial charge on any atom is 0.248 e. The SMILES string of the molecule is COc1ccc(Br)cc1/C=C/C(=O)Nc1c(C(C)C)cccc1C(C)C. The Bertz CT molecular complexity index is 784. The predicted molar refractivity (Wildman–Crippen MR) is 113 cm³/mol. The summed E-state index contributed by atoms with van der Waals surface area (Å²) in [4.78, 5) is 12.6. The third-order valence-corrected chi connectivity index (χ3v) is 4.72. The highest BCUT2D eigenvalue weighted by atomic mass is 79.9. The molecule has 0 aliphatic heterocycles. The van der Waals surface area contributed by atoms with Crippen LogP contribution >= 0.6 is 15.9 Å². The standard InChI is InChI=1S/C22H26BrNO2/c1-14(2)18-7-6-8-19(15(3)4)22(18)24-21(25)12-9-16-13-17(23)10-11-20(16)26-5/h6-15H,1-5H3,(H,24,25)/b12-9+.